The third kappa shape index (κ3) is 4.89. The second-order valence-electron chi connectivity index (χ2n) is 7.14. The number of hydrogen-bond acceptors (Lipinski definition) is 3. The first-order chi connectivity index (χ1) is 14.7. The molecule has 0 unspecified atom stereocenters. The summed E-state index contributed by atoms with van der Waals surface area (Å²) in [6.45, 7) is 1.09. The fraction of sp³-hybridized carbons (Fsp3) is 0.208. The Morgan fingerprint density at radius 3 is 2.60 bits per heavy atom. The molecule has 0 aliphatic heterocycles. The molecule has 0 spiro atoms. The highest BCUT2D eigenvalue weighted by molar-refractivity contribution is 5.78. The van der Waals surface area contributed by atoms with Crippen LogP contribution in [0, 0.1) is 5.82 Å². The van der Waals surface area contributed by atoms with Crippen molar-refractivity contribution < 1.29 is 9.18 Å². The van der Waals surface area contributed by atoms with Crippen LogP contribution in [0.3, 0.4) is 0 Å². The summed E-state index contributed by atoms with van der Waals surface area (Å²) in [5.74, 6) is 0.607. The van der Waals surface area contributed by atoms with E-state index in [2.05, 4.69) is 14.9 Å². The predicted octanol–water partition coefficient (Wildman–Crippen LogP) is 3.91. The van der Waals surface area contributed by atoms with Gasteiger partial charge in [-0.2, -0.15) is 0 Å². The monoisotopic (exact) mass is 402 g/mol. The molecule has 30 heavy (non-hydrogen) atoms. The van der Waals surface area contributed by atoms with E-state index in [0.29, 0.717) is 32.4 Å². The van der Waals surface area contributed by atoms with Crippen LogP contribution >= 0.6 is 0 Å². The van der Waals surface area contributed by atoms with Gasteiger partial charge in [0.2, 0.25) is 5.91 Å². The largest absolute Gasteiger partial charge is 0.356 e. The van der Waals surface area contributed by atoms with Crippen LogP contribution in [0.1, 0.15) is 23.5 Å². The van der Waals surface area contributed by atoms with Crippen LogP contribution in [0.2, 0.25) is 0 Å². The molecule has 0 saturated carbocycles. The van der Waals surface area contributed by atoms with Gasteiger partial charge < -0.3 is 9.88 Å². The predicted molar refractivity (Wildman–Crippen MR) is 115 cm³/mol. The number of aryl methyl sites for hydroxylation is 1. The van der Waals surface area contributed by atoms with Crippen LogP contribution in [0.5, 0.6) is 0 Å². The highest BCUT2D eigenvalue weighted by atomic mass is 19.1. The van der Waals surface area contributed by atoms with Crippen molar-refractivity contribution in [1.82, 2.24) is 19.9 Å². The second-order valence-corrected chi connectivity index (χ2v) is 7.14. The van der Waals surface area contributed by atoms with E-state index in [-0.39, 0.29) is 11.7 Å². The molecule has 2 heterocycles. The van der Waals surface area contributed by atoms with Gasteiger partial charge in [-0.3, -0.25) is 9.78 Å². The molecule has 0 radical (unpaired) electrons. The molecule has 0 aliphatic rings. The van der Waals surface area contributed by atoms with Crippen molar-refractivity contribution in [3.05, 3.63) is 95.8 Å². The van der Waals surface area contributed by atoms with Crippen LogP contribution in [-0.2, 0) is 24.2 Å². The van der Waals surface area contributed by atoms with Gasteiger partial charge in [-0.15, -0.1) is 0 Å². The van der Waals surface area contributed by atoms with E-state index in [1.165, 1.54) is 12.1 Å². The highest BCUT2D eigenvalue weighted by Gasteiger charge is 2.12. The average Bonchev–Trinajstić information content (AvgIpc) is 3.11. The maximum absolute atomic E-state index is 13.2. The van der Waals surface area contributed by atoms with E-state index in [1.54, 1.807) is 18.3 Å². The van der Waals surface area contributed by atoms with Crippen molar-refractivity contribution in [2.24, 2.45) is 0 Å². The van der Waals surface area contributed by atoms with Crippen LogP contribution in [-0.4, -0.2) is 27.0 Å². The number of carbonyl (C=O) groups is 1. The molecule has 0 atom stereocenters. The number of hydrogen-bond donors (Lipinski definition) is 1. The quantitative estimate of drug-likeness (QED) is 0.486. The Morgan fingerprint density at radius 1 is 1.00 bits per heavy atom. The lowest BCUT2D eigenvalue weighted by Crippen LogP contribution is -2.27. The third-order valence-corrected chi connectivity index (χ3v) is 5.00. The van der Waals surface area contributed by atoms with E-state index >= 15 is 0 Å². The normalized spacial score (nSPS) is 11.0. The molecule has 0 fully saturated rings. The molecule has 0 saturated heterocycles. The summed E-state index contributed by atoms with van der Waals surface area (Å²) >= 11 is 0. The Bertz CT molecular complexity index is 1120. The van der Waals surface area contributed by atoms with E-state index in [1.807, 2.05) is 42.5 Å². The molecule has 2 aromatic heterocycles. The van der Waals surface area contributed by atoms with Crippen LogP contribution in [0.25, 0.3) is 11.0 Å². The molecule has 0 aliphatic carbocycles. The Hall–Kier alpha value is -3.54. The number of nitrogens with one attached hydrogen (secondary N) is 1. The van der Waals surface area contributed by atoms with Gasteiger partial charge in [0.1, 0.15) is 11.6 Å². The van der Waals surface area contributed by atoms with Crippen molar-refractivity contribution in [3.63, 3.8) is 0 Å². The zero-order valence-corrected chi connectivity index (χ0v) is 16.6. The van der Waals surface area contributed by atoms with Crippen molar-refractivity contribution in [3.8, 4) is 0 Å². The number of benzene rings is 2. The molecule has 4 rings (SSSR count). The second kappa shape index (κ2) is 9.31. The first-order valence-corrected chi connectivity index (χ1v) is 10.0. The minimum atomic E-state index is -0.255. The molecule has 1 N–H and O–H groups in total. The maximum atomic E-state index is 13.2. The number of nitrogens with zero attached hydrogens (tertiary/aromatic N) is 3. The first-order valence-electron chi connectivity index (χ1n) is 10.0. The lowest BCUT2D eigenvalue weighted by molar-refractivity contribution is -0.121. The minimum absolute atomic E-state index is 0.00329. The Morgan fingerprint density at radius 2 is 1.80 bits per heavy atom. The fourth-order valence-electron chi connectivity index (χ4n) is 3.47. The number of carbonyl (C=O) groups excluding carboxylic acids is 1. The summed E-state index contributed by atoms with van der Waals surface area (Å²) in [6, 6.07) is 20.1. The number of rotatable bonds is 8. The standard InChI is InChI=1S/C24H23FN4O/c25-19-10-8-18(9-11-19)17-23-28-21-6-1-2-7-22(21)29(23)16-13-24(30)27-15-12-20-5-3-4-14-26-20/h1-11,14H,12-13,15-17H2,(H,27,30). The van der Waals surface area contributed by atoms with Crippen LogP contribution in [0.15, 0.2) is 72.9 Å². The highest BCUT2D eigenvalue weighted by Crippen LogP contribution is 2.19. The molecule has 0 bridgehead atoms. The van der Waals surface area contributed by atoms with Gasteiger partial charge in [0, 0.05) is 44.2 Å². The zero-order valence-electron chi connectivity index (χ0n) is 16.6. The van der Waals surface area contributed by atoms with E-state index < -0.39 is 0 Å². The molecule has 4 aromatic rings. The van der Waals surface area contributed by atoms with Gasteiger partial charge in [-0.25, -0.2) is 9.37 Å². The smallest absolute Gasteiger partial charge is 0.221 e. The van der Waals surface area contributed by atoms with E-state index in [4.69, 9.17) is 4.98 Å². The average molecular weight is 402 g/mol. The van der Waals surface area contributed by atoms with Crippen molar-refractivity contribution in [2.75, 3.05) is 6.54 Å². The molecular formula is C24H23FN4O. The number of imidazole rings is 1. The lowest BCUT2D eigenvalue weighted by Gasteiger charge is -2.10. The number of para-hydroxylation sites is 2. The van der Waals surface area contributed by atoms with Gasteiger partial charge in [-0.05, 0) is 42.0 Å². The molecule has 5 nitrogen and oxygen atoms in total. The van der Waals surface area contributed by atoms with Gasteiger partial charge in [0.15, 0.2) is 0 Å². The summed E-state index contributed by atoms with van der Waals surface area (Å²) in [4.78, 5) is 21.4. The molecule has 6 heteroatoms. The number of aromatic nitrogens is 3. The lowest BCUT2D eigenvalue weighted by atomic mass is 10.1. The Kier molecular flexibility index (Phi) is 6.13. The maximum Gasteiger partial charge on any atom is 0.221 e. The fourth-order valence-corrected chi connectivity index (χ4v) is 3.47. The van der Waals surface area contributed by atoms with E-state index in [9.17, 15) is 9.18 Å². The summed E-state index contributed by atoms with van der Waals surface area (Å²) in [5, 5.41) is 2.96. The Labute approximate surface area is 174 Å². The van der Waals surface area contributed by atoms with Crippen molar-refractivity contribution >= 4 is 16.9 Å². The third-order valence-electron chi connectivity index (χ3n) is 5.00. The van der Waals surface area contributed by atoms with Crippen LogP contribution < -0.4 is 5.32 Å². The first kappa shape index (κ1) is 19.8. The summed E-state index contributed by atoms with van der Waals surface area (Å²) in [6.07, 6.45) is 3.40. The zero-order chi connectivity index (χ0) is 20.8. The topological polar surface area (TPSA) is 59.8 Å². The SMILES string of the molecule is O=C(CCn1c(Cc2ccc(F)cc2)nc2ccccc21)NCCc1ccccn1. The van der Waals surface area contributed by atoms with Crippen LogP contribution in [0.4, 0.5) is 4.39 Å². The summed E-state index contributed by atoms with van der Waals surface area (Å²) < 4.78 is 15.3. The number of pyridine rings is 1. The van der Waals surface area contributed by atoms with Crippen molar-refractivity contribution in [1.29, 1.82) is 0 Å². The molecular weight excluding hydrogens is 379 g/mol. The van der Waals surface area contributed by atoms with Gasteiger partial charge >= 0.3 is 0 Å². The Balaban J connectivity index is 1.42. The number of halogens is 1. The number of fused-ring (bicyclic) bond motifs is 1. The van der Waals surface area contributed by atoms with Gasteiger partial charge in [0.25, 0.3) is 0 Å². The van der Waals surface area contributed by atoms with Gasteiger partial charge in [0.05, 0.1) is 11.0 Å². The molecule has 2 aromatic carbocycles. The molecule has 152 valence electrons. The molecule has 1 amide bonds. The summed E-state index contributed by atoms with van der Waals surface area (Å²) in [7, 11) is 0. The van der Waals surface area contributed by atoms with Crippen molar-refractivity contribution in [2.45, 2.75) is 25.8 Å². The van der Waals surface area contributed by atoms with Gasteiger partial charge in [-0.1, -0.05) is 30.3 Å². The van der Waals surface area contributed by atoms with E-state index in [0.717, 1.165) is 28.1 Å². The minimum Gasteiger partial charge on any atom is -0.356 e. The summed E-state index contributed by atoms with van der Waals surface area (Å²) in [5.41, 5.74) is 3.83. The number of amides is 1.